The van der Waals surface area contributed by atoms with Gasteiger partial charge in [0.2, 0.25) is 0 Å². The van der Waals surface area contributed by atoms with Gasteiger partial charge in [0.05, 0.1) is 16.8 Å². The fraction of sp³-hybridized carbons (Fsp3) is 0.0909. The quantitative estimate of drug-likeness (QED) is 0.270. The average Bonchev–Trinajstić information content (AvgIpc) is 2.90. The lowest BCUT2D eigenvalue weighted by Crippen LogP contribution is -2.40. The number of fused-ring (bicyclic) bond motifs is 8. The number of hydrogen-bond donors (Lipinski definition) is 1. The number of rotatable bonds is 1. The standard InChI is InChI=1S/C33H26N2/c1-22-12-3-9-20-30(22)35-31-21-10-6-16-26(31)33(27-17-11-13-23(2)32(27)35)24-14-4-7-18-28(24)34-29-19-8-5-15-25(29)33/h3-21,34H,1-2H3. The monoisotopic (exact) mass is 450 g/mol. The summed E-state index contributed by atoms with van der Waals surface area (Å²) in [5.74, 6) is 0. The highest BCUT2D eigenvalue weighted by atomic mass is 15.2. The topological polar surface area (TPSA) is 15.3 Å². The van der Waals surface area contributed by atoms with E-state index in [1.165, 1.54) is 50.4 Å². The Morgan fingerprint density at radius 2 is 1.00 bits per heavy atom. The number of aryl methyl sites for hydroxylation is 2. The summed E-state index contributed by atoms with van der Waals surface area (Å²) in [6, 6.07) is 42.0. The van der Waals surface area contributed by atoms with E-state index in [0.29, 0.717) is 0 Å². The van der Waals surface area contributed by atoms with Crippen molar-refractivity contribution in [1.82, 2.24) is 0 Å². The van der Waals surface area contributed by atoms with Crippen LogP contribution in [0, 0.1) is 13.8 Å². The molecule has 5 aromatic rings. The van der Waals surface area contributed by atoms with Crippen LogP contribution < -0.4 is 10.2 Å². The second-order valence-electron chi connectivity index (χ2n) is 9.58. The third kappa shape index (κ3) is 2.60. The minimum Gasteiger partial charge on any atom is -0.355 e. The zero-order valence-corrected chi connectivity index (χ0v) is 19.9. The molecular formula is C33H26N2. The lowest BCUT2D eigenvalue weighted by atomic mass is 9.60. The molecule has 2 aliphatic rings. The van der Waals surface area contributed by atoms with E-state index in [2.05, 4.69) is 139 Å². The molecule has 5 aromatic carbocycles. The van der Waals surface area contributed by atoms with Gasteiger partial charge in [-0.05, 0) is 71.5 Å². The first-order valence-electron chi connectivity index (χ1n) is 12.2. The van der Waals surface area contributed by atoms with Gasteiger partial charge in [-0.15, -0.1) is 0 Å². The molecule has 35 heavy (non-hydrogen) atoms. The zero-order chi connectivity index (χ0) is 23.6. The Morgan fingerprint density at radius 3 is 1.69 bits per heavy atom. The van der Waals surface area contributed by atoms with E-state index >= 15 is 0 Å². The Hall–Kier alpha value is -4.30. The van der Waals surface area contributed by atoms with Gasteiger partial charge in [0, 0.05) is 17.1 Å². The van der Waals surface area contributed by atoms with Crippen LogP contribution in [0.5, 0.6) is 0 Å². The minimum absolute atomic E-state index is 0.421. The summed E-state index contributed by atoms with van der Waals surface area (Å²) in [7, 11) is 0. The highest BCUT2D eigenvalue weighted by Crippen LogP contribution is 2.62. The van der Waals surface area contributed by atoms with Crippen LogP contribution in [0.3, 0.4) is 0 Å². The van der Waals surface area contributed by atoms with Crippen LogP contribution in [0.2, 0.25) is 0 Å². The highest BCUT2D eigenvalue weighted by molar-refractivity contribution is 5.95. The number of nitrogens with one attached hydrogen (secondary N) is 1. The van der Waals surface area contributed by atoms with Crippen molar-refractivity contribution < 1.29 is 0 Å². The molecule has 168 valence electrons. The molecule has 0 bridgehead atoms. The molecule has 0 radical (unpaired) electrons. The van der Waals surface area contributed by atoms with E-state index in [-0.39, 0.29) is 0 Å². The van der Waals surface area contributed by atoms with Crippen LogP contribution >= 0.6 is 0 Å². The first kappa shape index (κ1) is 20.1. The molecule has 0 saturated carbocycles. The van der Waals surface area contributed by atoms with E-state index < -0.39 is 5.41 Å². The normalized spacial score (nSPS) is 14.4. The van der Waals surface area contributed by atoms with Crippen LogP contribution in [0.15, 0.2) is 115 Å². The SMILES string of the molecule is Cc1ccccc1N1c2ccccc2C2(c3ccccc3Nc3ccccc32)c2cccc(C)c21. The molecule has 2 nitrogen and oxygen atoms in total. The molecule has 2 heteroatoms. The predicted octanol–water partition coefficient (Wildman–Crippen LogP) is 8.53. The number of nitrogens with zero attached hydrogens (tertiary/aromatic N) is 1. The van der Waals surface area contributed by atoms with E-state index in [9.17, 15) is 0 Å². The number of hydrogen-bond acceptors (Lipinski definition) is 2. The molecule has 0 fully saturated rings. The van der Waals surface area contributed by atoms with Crippen molar-refractivity contribution in [2.75, 3.05) is 10.2 Å². The first-order valence-corrected chi connectivity index (χ1v) is 12.2. The molecule has 1 N–H and O–H groups in total. The Balaban J connectivity index is 1.70. The van der Waals surface area contributed by atoms with Crippen LogP contribution in [0.1, 0.15) is 33.4 Å². The van der Waals surface area contributed by atoms with E-state index in [1.807, 2.05) is 0 Å². The summed E-state index contributed by atoms with van der Waals surface area (Å²) in [6.45, 7) is 4.44. The van der Waals surface area contributed by atoms with Crippen LogP contribution in [-0.4, -0.2) is 0 Å². The van der Waals surface area contributed by atoms with Gasteiger partial charge >= 0.3 is 0 Å². The van der Waals surface area contributed by atoms with Gasteiger partial charge in [-0.2, -0.15) is 0 Å². The largest absolute Gasteiger partial charge is 0.355 e. The summed E-state index contributed by atoms with van der Waals surface area (Å²) in [5.41, 5.74) is 13.4. The minimum atomic E-state index is -0.421. The fourth-order valence-electron chi connectivity index (χ4n) is 6.28. The van der Waals surface area contributed by atoms with Crippen molar-refractivity contribution in [2.24, 2.45) is 0 Å². The van der Waals surface area contributed by atoms with Gasteiger partial charge in [0.15, 0.2) is 0 Å². The summed E-state index contributed by atoms with van der Waals surface area (Å²) >= 11 is 0. The number of para-hydroxylation sites is 5. The molecule has 2 aliphatic heterocycles. The van der Waals surface area contributed by atoms with Crippen LogP contribution in [0.25, 0.3) is 0 Å². The molecule has 0 atom stereocenters. The van der Waals surface area contributed by atoms with Gasteiger partial charge < -0.3 is 10.2 Å². The first-order chi connectivity index (χ1) is 17.2. The number of benzene rings is 5. The Morgan fingerprint density at radius 1 is 0.486 bits per heavy atom. The Labute approximate surface area is 206 Å². The van der Waals surface area contributed by atoms with Crippen molar-refractivity contribution in [3.8, 4) is 0 Å². The number of anilines is 5. The molecule has 2 heterocycles. The lowest BCUT2D eigenvalue weighted by Gasteiger charge is -2.49. The van der Waals surface area contributed by atoms with Crippen LogP contribution in [-0.2, 0) is 5.41 Å². The van der Waals surface area contributed by atoms with E-state index in [0.717, 1.165) is 11.4 Å². The molecule has 0 unspecified atom stereocenters. The van der Waals surface area contributed by atoms with Gasteiger partial charge in [-0.25, -0.2) is 0 Å². The molecule has 1 spiro atoms. The van der Waals surface area contributed by atoms with Crippen molar-refractivity contribution in [2.45, 2.75) is 19.3 Å². The zero-order valence-electron chi connectivity index (χ0n) is 19.9. The molecule has 0 aliphatic carbocycles. The van der Waals surface area contributed by atoms with E-state index in [4.69, 9.17) is 0 Å². The van der Waals surface area contributed by atoms with Gasteiger partial charge in [-0.3, -0.25) is 0 Å². The van der Waals surface area contributed by atoms with E-state index in [1.54, 1.807) is 0 Å². The Bertz CT molecular complexity index is 1570. The highest BCUT2D eigenvalue weighted by Gasteiger charge is 2.50. The molecular weight excluding hydrogens is 424 g/mol. The maximum absolute atomic E-state index is 3.73. The molecule has 0 saturated heterocycles. The average molecular weight is 451 g/mol. The van der Waals surface area contributed by atoms with Gasteiger partial charge in [0.1, 0.15) is 0 Å². The van der Waals surface area contributed by atoms with Crippen LogP contribution in [0.4, 0.5) is 28.4 Å². The Kier molecular flexibility index (Phi) is 4.22. The molecule has 7 rings (SSSR count). The summed E-state index contributed by atoms with van der Waals surface area (Å²) < 4.78 is 0. The predicted molar refractivity (Wildman–Crippen MR) is 146 cm³/mol. The third-order valence-corrected chi connectivity index (χ3v) is 7.70. The van der Waals surface area contributed by atoms with Gasteiger partial charge in [0.25, 0.3) is 0 Å². The second kappa shape index (κ2) is 7.35. The maximum Gasteiger partial charge on any atom is 0.0782 e. The summed E-state index contributed by atoms with van der Waals surface area (Å²) in [5, 5.41) is 3.73. The summed E-state index contributed by atoms with van der Waals surface area (Å²) in [6.07, 6.45) is 0. The lowest BCUT2D eigenvalue weighted by molar-refractivity contribution is 0.725. The van der Waals surface area contributed by atoms with Crippen molar-refractivity contribution >= 4 is 28.4 Å². The van der Waals surface area contributed by atoms with Gasteiger partial charge in [-0.1, -0.05) is 91.0 Å². The smallest absolute Gasteiger partial charge is 0.0782 e. The van der Waals surface area contributed by atoms with Crippen molar-refractivity contribution in [1.29, 1.82) is 0 Å². The second-order valence-corrected chi connectivity index (χ2v) is 9.58. The van der Waals surface area contributed by atoms with Crippen molar-refractivity contribution in [3.63, 3.8) is 0 Å². The molecule has 0 aromatic heterocycles. The maximum atomic E-state index is 3.73. The molecule has 0 amide bonds. The third-order valence-electron chi connectivity index (χ3n) is 7.70. The fourth-order valence-corrected chi connectivity index (χ4v) is 6.28. The van der Waals surface area contributed by atoms with Crippen molar-refractivity contribution in [3.05, 3.63) is 149 Å². The summed E-state index contributed by atoms with van der Waals surface area (Å²) in [4.78, 5) is 2.48.